The molecule has 0 heterocycles. The van der Waals surface area contributed by atoms with Crippen molar-refractivity contribution in [1.82, 2.24) is 5.32 Å². The summed E-state index contributed by atoms with van der Waals surface area (Å²) in [5.41, 5.74) is 0.898. The predicted octanol–water partition coefficient (Wildman–Crippen LogP) is 4.82. The molecule has 2 aromatic carbocycles. The third kappa shape index (κ3) is 5.60. The van der Waals surface area contributed by atoms with Crippen LogP contribution in [0.3, 0.4) is 0 Å². The Balaban J connectivity index is 1.81. The highest BCUT2D eigenvalue weighted by atomic mass is 32.2. The van der Waals surface area contributed by atoms with Crippen LogP contribution in [0.5, 0.6) is 0 Å². The summed E-state index contributed by atoms with van der Waals surface area (Å²) in [6.07, 6.45) is -4.34. The normalized spacial score (nSPS) is 12.7. The second-order valence-electron chi connectivity index (χ2n) is 5.39. The van der Waals surface area contributed by atoms with Gasteiger partial charge >= 0.3 is 6.18 Å². The fourth-order valence-corrected chi connectivity index (χ4v) is 2.99. The van der Waals surface area contributed by atoms with Gasteiger partial charge in [0.15, 0.2) is 0 Å². The van der Waals surface area contributed by atoms with Crippen LogP contribution in [0.1, 0.15) is 29.7 Å². The van der Waals surface area contributed by atoms with Crippen molar-refractivity contribution in [3.05, 3.63) is 71.3 Å². The van der Waals surface area contributed by atoms with E-state index in [4.69, 9.17) is 0 Å². The third-order valence-electron chi connectivity index (χ3n) is 3.43. The summed E-state index contributed by atoms with van der Waals surface area (Å²) < 4.78 is 38.0. The number of amides is 1. The van der Waals surface area contributed by atoms with Crippen LogP contribution >= 0.6 is 11.8 Å². The Morgan fingerprint density at radius 3 is 2.50 bits per heavy atom. The van der Waals surface area contributed by atoms with Crippen LogP contribution in [-0.2, 0) is 16.7 Å². The van der Waals surface area contributed by atoms with Gasteiger partial charge in [0, 0.05) is 5.75 Å². The average molecular weight is 353 g/mol. The van der Waals surface area contributed by atoms with Gasteiger partial charge in [0.1, 0.15) is 0 Å². The van der Waals surface area contributed by atoms with Gasteiger partial charge in [-0.2, -0.15) is 13.2 Å². The van der Waals surface area contributed by atoms with E-state index < -0.39 is 11.7 Å². The fraction of sp³-hybridized carbons (Fsp3) is 0.278. The molecule has 0 aliphatic heterocycles. The summed E-state index contributed by atoms with van der Waals surface area (Å²) in [6, 6.07) is 14.7. The highest BCUT2D eigenvalue weighted by Gasteiger charge is 2.30. The van der Waals surface area contributed by atoms with E-state index >= 15 is 0 Å². The van der Waals surface area contributed by atoms with Crippen LogP contribution < -0.4 is 5.32 Å². The SMILES string of the molecule is CC(NC(=O)CSCc1cccc(C(F)(F)F)c1)c1ccccc1. The molecule has 2 aromatic rings. The monoisotopic (exact) mass is 353 g/mol. The Morgan fingerprint density at radius 1 is 1.12 bits per heavy atom. The van der Waals surface area contributed by atoms with E-state index in [0.29, 0.717) is 11.3 Å². The molecule has 1 unspecified atom stereocenters. The third-order valence-corrected chi connectivity index (χ3v) is 4.44. The van der Waals surface area contributed by atoms with E-state index in [2.05, 4.69) is 5.32 Å². The maximum atomic E-state index is 12.7. The standard InChI is InChI=1S/C18H18F3NOS/c1-13(15-7-3-2-4-8-15)22-17(23)12-24-11-14-6-5-9-16(10-14)18(19,20)21/h2-10,13H,11-12H2,1H3,(H,22,23). The Labute approximate surface area is 143 Å². The molecule has 0 saturated carbocycles. The largest absolute Gasteiger partial charge is 0.416 e. The molecular weight excluding hydrogens is 335 g/mol. The number of halogens is 3. The highest BCUT2D eigenvalue weighted by Crippen LogP contribution is 2.30. The summed E-state index contributed by atoms with van der Waals surface area (Å²) in [5.74, 6) is 0.424. The molecule has 0 aliphatic rings. The highest BCUT2D eigenvalue weighted by molar-refractivity contribution is 7.99. The van der Waals surface area contributed by atoms with Crippen molar-refractivity contribution in [1.29, 1.82) is 0 Å². The van der Waals surface area contributed by atoms with Gasteiger partial charge in [-0.3, -0.25) is 4.79 Å². The van der Waals surface area contributed by atoms with E-state index in [1.165, 1.54) is 17.8 Å². The summed E-state index contributed by atoms with van der Waals surface area (Å²) in [5, 5.41) is 2.88. The van der Waals surface area contributed by atoms with E-state index in [0.717, 1.165) is 17.7 Å². The smallest absolute Gasteiger partial charge is 0.349 e. The lowest BCUT2D eigenvalue weighted by Gasteiger charge is -2.14. The summed E-state index contributed by atoms with van der Waals surface area (Å²) in [6.45, 7) is 1.89. The maximum Gasteiger partial charge on any atom is 0.416 e. The van der Waals surface area contributed by atoms with Crippen LogP contribution in [0.2, 0.25) is 0 Å². The molecule has 2 nitrogen and oxygen atoms in total. The van der Waals surface area contributed by atoms with Crippen molar-refractivity contribution < 1.29 is 18.0 Å². The number of carbonyl (C=O) groups excluding carboxylic acids is 1. The van der Waals surface area contributed by atoms with Crippen LogP contribution in [0, 0.1) is 0 Å². The zero-order valence-electron chi connectivity index (χ0n) is 13.1. The quantitative estimate of drug-likeness (QED) is 0.807. The number of benzene rings is 2. The molecule has 0 radical (unpaired) electrons. The molecule has 0 fully saturated rings. The molecule has 24 heavy (non-hydrogen) atoms. The molecule has 128 valence electrons. The van der Waals surface area contributed by atoms with E-state index in [1.807, 2.05) is 37.3 Å². The molecule has 0 aliphatic carbocycles. The van der Waals surface area contributed by atoms with Crippen molar-refractivity contribution in [3.63, 3.8) is 0 Å². The predicted molar refractivity (Wildman–Crippen MR) is 90.6 cm³/mol. The van der Waals surface area contributed by atoms with Gasteiger partial charge in [-0.25, -0.2) is 0 Å². The lowest BCUT2D eigenvalue weighted by Crippen LogP contribution is -2.28. The second-order valence-corrected chi connectivity index (χ2v) is 6.38. The van der Waals surface area contributed by atoms with Gasteiger partial charge in [-0.15, -0.1) is 11.8 Å². The first-order chi connectivity index (χ1) is 11.4. The Morgan fingerprint density at radius 2 is 1.83 bits per heavy atom. The van der Waals surface area contributed by atoms with Crippen molar-refractivity contribution in [2.45, 2.75) is 24.9 Å². The Kier molecular flexibility index (Phi) is 6.31. The van der Waals surface area contributed by atoms with Gasteiger partial charge in [0.05, 0.1) is 17.4 Å². The van der Waals surface area contributed by atoms with E-state index in [9.17, 15) is 18.0 Å². The Bertz CT molecular complexity index is 673. The second kappa shape index (κ2) is 8.24. The first kappa shape index (κ1) is 18.4. The molecular formula is C18H18F3NOS. The molecule has 2 rings (SSSR count). The number of thioether (sulfide) groups is 1. The lowest BCUT2D eigenvalue weighted by molar-refractivity contribution is -0.137. The topological polar surface area (TPSA) is 29.1 Å². The van der Waals surface area contributed by atoms with Crippen molar-refractivity contribution in [2.24, 2.45) is 0 Å². The minimum atomic E-state index is -4.34. The molecule has 0 saturated heterocycles. The number of alkyl halides is 3. The van der Waals surface area contributed by atoms with Gasteiger partial charge in [0.25, 0.3) is 0 Å². The van der Waals surface area contributed by atoms with Gasteiger partial charge in [-0.1, -0.05) is 48.5 Å². The zero-order valence-corrected chi connectivity index (χ0v) is 14.0. The van der Waals surface area contributed by atoms with Crippen molar-refractivity contribution >= 4 is 17.7 Å². The minimum absolute atomic E-state index is 0.104. The summed E-state index contributed by atoms with van der Waals surface area (Å²) >= 11 is 1.29. The van der Waals surface area contributed by atoms with Crippen molar-refractivity contribution in [3.8, 4) is 0 Å². The summed E-state index contributed by atoms with van der Waals surface area (Å²) in [4.78, 5) is 11.9. The number of hydrogen-bond donors (Lipinski definition) is 1. The van der Waals surface area contributed by atoms with Gasteiger partial charge in [0.2, 0.25) is 5.91 Å². The number of nitrogens with one attached hydrogen (secondary N) is 1. The maximum absolute atomic E-state index is 12.7. The van der Waals surface area contributed by atoms with Gasteiger partial charge < -0.3 is 5.32 Å². The molecule has 6 heteroatoms. The summed E-state index contributed by atoms with van der Waals surface area (Å²) in [7, 11) is 0. The molecule has 0 aromatic heterocycles. The molecule has 1 N–H and O–H groups in total. The van der Waals surface area contributed by atoms with Crippen LogP contribution in [0.4, 0.5) is 13.2 Å². The molecule has 0 spiro atoms. The van der Waals surface area contributed by atoms with Crippen LogP contribution in [-0.4, -0.2) is 11.7 Å². The van der Waals surface area contributed by atoms with E-state index in [-0.39, 0.29) is 17.7 Å². The molecule has 1 amide bonds. The molecule has 0 bridgehead atoms. The fourth-order valence-electron chi connectivity index (χ4n) is 2.21. The van der Waals surface area contributed by atoms with Crippen LogP contribution in [0.15, 0.2) is 54.6 Å². The van der Waals surface area contributed by atoms with Crippen LogP contribution in [0.25, 0.3) is 0 Å². The zero-order chi connectivity index (χ0) is 17.6. The molecule has 1 atom stereocenters. The van der Waals surface area contributed by atoms with E-state index in [1.54, 1.807) is 6.07 Å². The van der Waals surface area contributed by atoms with Gasteiger partial charge in [-0.05, 0) is 24.1 Å². The lowest BCUT2D eigenvalue weighted by atomic mass is 10.1. The Hall–Kier alpha value is -1.95. The minimum Gasteiger partial charge on any atom is -0.349 e. The first-order valence-electron chi connectivity index (χ1n) is 7.44. The van der Waals surface area contributed by atoms with Crippen molar-refractivity contribution in [2.75, 3.05) is 5.75 Å². The number of rotatable bonds is 6. The first-order valence-corrected chi connectivity index (χ1v) is 8.60. The number of hydrogen-bond acceptors (Lipinski definition) is 2. The number of carbonyl (C=O) groups is 1. The average Bonchev–Trinajstić information content (AvgIpc) is 2.55.